The van der Waals surface area contributed by atoms with E-state index in [2.05, 4.69) is 6.07 Å². The molecule has 1 amide bonds. The van der Waals surface area contributed by atoms with E-state index >= 15 is 0 Å². The Hall–Kier alpha value is 0.234. The second kappa shape index (κ2) is 20.2. The number of Topliss-reactive ketones (excluding diaryl/α,β-unsaturated/α-hetero) is 1. The molecule has 0 N–H and O–H groups in total. The van der Waals surface area contributed by atoms with Crippen molar-refractivity contribution in [2.45, 2.75) is 18.7 Å². The summed E-state index contributed by atoms with van der Waals surface area (Å²) in [5, 5.41) is 0. The van der Waals surface area contributed by atoms with Crippen LogP contribution in [0.4, 0.5) is 11.4 Å². The van der Waals surface area contributed by atoms with E-state index in [1.807, 2.05) is 6.07 Å². The maximum Gasteiger partial charge on any atom is 1.00 e. The standard InChI is InChI=1S/C22H21N2O4S.C3H6O.2Cs.O3S/c1-23(2)19-13-14-20(21(15-19)29(26,27)28)16-9-11-18(12-10-16)24(3)22(25)17-7-5-4-6-8-17;1-3(2)4;;;1-4(2)3/h4-9,11-15H,1-3H3,(H,26,27,28);1-2H3;;;/q-1;;2*+1;/p-1. The fourth-order valence-electron chi connectivity index (χ4n) is 2.90. The maximum atomic E-state index is 12.6. The van der Waals surface area contributed by atoms with Crippen LogP contribution in [-0.2, 0) is 25.5 Å². The van der Waals surface area contributed by atoms with Crippen LogP contribution in [0.2, 0.25) is 0 Å². The second-order valence-corrected chi connectivity index (χ2v) is 9.59. The summed E-state index contributed by atoms with van der Waals surface area (Å²) in [6.07, 6.45) is 0. The van der Waals surface area contributed by atoms with Crippen molar-refractivity contribution < 1.29 is 173 Å². The summed E-state index contributed by atoms with van der Waals surface area (Å²) < 4.78 is 60.7. The van der Waals surface area contributed by atoms with Gasteiger partial charge in [-0.1, -0.05) is 29.8 Å². The van der Waals surface area contributed by atoms with Gasteiger partial charge in [-0.05, 0) is 43.8 Å². The quantitative estimate of drug-likeness (QED) is 0.194. The zero-order valence-electron chi connectivity index (χ0n) is 22.8. The molecule has 0 fully saturated rings. The third-order valence-corrected chi connectivity index (χ3v) is 5.43. The predicted octanol–water partition coefficient (Wildman–Crippen LogP) is -3.00. The molecule has 0 saturated carbocycles. The van der Waals surface area contributed by atoms with Crippen molar-refractivity contribution >= 4 is 43.8 Å². The normalized spacial score (nSPS) is 9.59. The molecule has 0 aromatic heterocycles. The van der Waals surface area contributed by atoms with Gasteiger partial charge in [-0.25, -0.2) is 8.42 Å². The molecular weight excluding hydrogens is 786 g/mol. The zero-order chi connectivity index (χ0) is 28.3. The van der Waals surface area contributed by atoms with Crippen molar-refractivity contribution in [2.75, 3.05) is 30.9 Å². The Kier molecular flexibility index (Phi) is 21.4. The van der Waals surface area contributed by atoms with Gasteiger partial charge in [0.2, 0.25) is 5.91 Å². The van der Waals surface area contributed by atoms with Gasteiger partial charge in [0.1, 0.15) is 15.9 Å². The number of ketones is 1. The van der Waals surface area contributed by atoms with Gasteiger partial charge >= 0.3 is 148 Å². The first-order chi connectivity index (χ1) is 17.1. The Balaban J connectivity index is 0. The number of nitrogens with zero attached hydrogens (tertiary/aromatic N) is 2. The predicted molar refractivity (Wildman–Crippen MR) is 138 cm³/mol. The van der Waals surface area contributed by atoms with Gasteiger partial charge in [0.05, 0.1) is 0 Å². The van der Waals surface area contributed by atoms with E-state index in [4.69, 9.17) is 12.6 Å². The summed E-state index contributed by atoms with van der Waals surface area (Å²) in [5.74, 6) is -0.00934. The van der Waals surface area contributed by atoms with Crippen molar-refractivity contribution in [3.05, 3.63) is 78.4 Å². The first-order valence-electron chi connectivity index (χ1n) is 10.5. The van der Waals surface area contributed by atoms with E-state index in [0.717, 1.165) is 0 Å². The van der Waals surface area contributed by atoms with Gasteiger partial charge in [0, 0.05) is 37.3 Å². The van der Waals surface area contributed by atoms with Crippen molar-refractivity contribution in [3.63, 3.8) is 0 Å². The van der Waals surface area contributed by atoms with Crippen LogP contribution in [0.25, 0.3) is 11.1 Å². The molecule has 0 atom stereocenters. The van der Waals surface area contributed by atoms with Gasteiger partial charge in [0.15, 0.2) is 0 Å². The molecular formula is C25H26Cs2N2O8S2. The molecule has 198 valence electrons. The Morgan fingerprint density at radius 1 is 0.846 bits per heavy atom. The minimum atomic E-state index is -4.67. The molecule has 0 bridgehead atoms. The first kappa shape index (κ1) is 41.4. The number of carbonyl (C=O) groups excluding carboxylic acids is 2. The number of anilines is 2. The average molecular weight is 812 g/mol. The molecule has 3 rings (SSSR count). The number of rotatable bonds is 5. The van der Waals surface area contributed by atoms with Crippen LogP contribution in [-0.4, -0.2) is 58.4 Å². The Morgan fingerprint density at radius 2 is 1.33 bits per heavy atom. The van der Waals surface area contributed by atoms with Crippen molar-refractivity contribution in [2.24, 2.45) is 0 Å². The van der Waals surface area contributed by atoms with Crippen molar-refractivity contribution in [1.82, 2.24) is 0 Å². The van der Waals surface area contributed by atoms with E-state index in [1.165, 1.54) is 24.8 Å². The Bertz CT molecular complexity index is 1440. The van der Waals surface area contributed by atoms with Crippen molar-refractivity contribution in [1.29, 1.82) is 0 Å². The van der Waals surface area contributed by atoms with Gasteiger partial charge in [-0.3, -0.25) is 4.79 Å². The Labute approximate surface area is 348 Å². The van der Waals surface area contributed by atoms with Crippen molar-refractivity contribution in [3.8, 4) is 11.1 Å². The van der Waals surface area contributed by atoms with Crippen LogP contribution in [0.15, 0.2) is 71.6 Å². The van der Waals surface area contributed by atoms with E-state index in [1.54, 1.807) is 80.6 Å². The van der Waals surface area contributed by atoms with Crippen LogP contribution < -0.4 is 148 Å². The van der Waals surface area contributed by atoms with E-state index in [9.17, 15) is 22.6 Å². The fraction of sp³-hybridized carbons (Fsp3) is 0.200. The van der Waals surface area contributed by atoms with Gasteiger partial charge in [-0.2, -0.15) is 0 Å². The zero-order valence-corrected chi connectivity index (χ0v) is 37.0. The van der Waals surface area contributed by atoms with Gasteiger partial charge in [0.25, 0.3) is 0 Å². The molecule has 10 nitrogen and oxygen atoms in total. The molecule has 0 saturated heterocycles. The molecule has 0 spiro atoms. The molecule has 0 radical (unpaired) electrons. The minimum Gasteiger partial charge on any atom is -0.745 e. The van der Waals surface area contributed by atoms with Crippen LogP contribution in [0, 0.1) is 6.07 Å². The van der Waals surface area contributed by atoms with E-state index in [0.29, 0.717) is 22.5 Å². The fourth-order valence-corrected chi connectivity index (χ4v) is 3.62. The summed E-state index contributed by atoms with van der Waals surface area (Å²) >= 11 is 0. The number of hydrogen-bond donors (Lipinski definition) is 0. The summed E-state index contributed by atoms with van der Waals surface area (Å²) in [7, 11) is -2.61. The summed E-state index contributed by atoms with van der Waals surface area (Å²) in [5.41, 5.74) is 2.48. The molecule has 0 aliphatic heterocycles. The first-order valence-corrected chi connectivity index (χ1v) is 12.9. The number of carbonyl (C=O) groups is 2. The number of hydrogen-bond acceptors (Lipinski definition) is 9. The van der Waals surface area contributed by atoms with Gasteiger partial charge < -0.3 is 19.1 Å². The summed E-state index contributed by atoms with van der Waals surface area (Å²) in [6.45, 7) is 3.06. The van der Waals surface area contributed by atoms with Crippen LogP contribution >= 0.6 is 0 Å². The largest absolute Gasteiger partial charge is 1.00 e. The molecule has 0 unspecified atom stereocenters. The monoisotopic (exact) mass is 812 g/mol. The van der Waals surface area contributed by atoms with Crippen LogP contribution in [0.5, 0.6) is 0 Å². The third-order valence-electron chi connectivity index (χ3n) is 4.55. The van der Waals surface area contributed by atoms with Crippen LogP contribution in [0.1, 0.15) is 24.2 Å². The molecule has 0 heterocycles. The Morgan fingerprint density at radius 3 is 1.74 bits per heavy atom. The van der Waals surface area contributed by atoms with Crippen LogP contribution in [0.3, 0.4) is 0 Å². The minimum absolute atomic E-state index is 0. The topological polar surface area (TPSA) is 149 Å². The molecule has 0 aliphatic carbocycles. The summed E-state index contributed by atoms with van der Waals surface area (Å²) in [6, 6.07) is 21.5. The van der Waals surface area contributed by atoms with Gasteiger partial charge in [-0.15, -0.1) is 42.5 Å². The molecule has 39 heavy (non-hydrogen) atoms. The third kappa shape index (κ3) is 15.3. The maximum absolute atomic E-state index is 12.6. The number of benzene rings is 3. The summed E-state index contributed by atoms with van der Waals surface area (Å²) in [4.78, 5) is 24.9. The molecule has 14 heteroatoms. The van der Waals surface area contributed by atoms with E-state index in [-0.39, 0.29) is 160 Å². The number of amides is 1. The second-order valence-electron chi connectivity index (χ2n) is 7.83. The SMILES string of the molecule is CC(C)=O.CN(C)c1ccc(-c2[c-]cc(N(C)C(=O)c3ccccc3)cc2)c(S(=O)(=O)[O-])c1.O=S(=O)=O.[Cs+].[Cs+]. The average Bonchev–Trinajstić information content (AvgIpc) is 2.82. The molecule has 0 aliphatic rings. The molecule has 3 aromatic carbocycles. The van der Waals surface area contributed by atoms with E-state index < -0.39 is 20.7 Å². The molecule has 3 aromatic rings. The smallest absolute Gasteiger partial charge is 0.745 e.